The Balaban J connectivity index is 0.960. The lowest BCUT2D eigenvalue weighted by atomic mass is 9.85. The van der Waals surface area contributed by atoms with Gasteiger partial charge in [0.25, 0.3) is 0 Å². The summed E-state index contributed by atoms with van der Waals surface area (Å²) in [6.45, 7) is 5.36. The Morgan fingerprint density at radius 1 is 1.00 bits per heavy atom. The molecular weight excluding hydrogens is 590 g/mol. The number of carbonyl (C=O) groups is 2. The van der Waals surface area contributed by atoms with E-state index in [4.69, 9.17) is 11.1 Å². The summed E-state index contributed by atoms with van der Waals surface area (Å²) in [6, 6.07) is 17.4. The molecule has 2 saturated heterocycles. The fraction of sp³-hybridized carbons (Fsp3) is 0.333. The smallest absolute Gasteiger partial charge is 0.237 e. The molecule has 1 spiro atoms. The molecule has 7 rings (SSSR count). The molecule has 0 unspecified atom stereocenters. The van der Waals surface area contributed by atoms with E-state index < -0.39 is 5.41 Å². The maximum absolute atomic E-state index is 13.9. The van der Waals surface area contributed by atoms with Crippen LogP contribution in [-0.4, -0.2) is 86.3 Å². The van der Waals surface area contributed by atoms with E-state index in [1.165, 1.54) is 5.57 Å². The van der Waals surface area contributed by atoms with Crippen LogP contribution in [0.15, 0.2) is 73.2 Å². The van der Waals surface area contributed by atoms with Crippen LogP contribution in [0.25, 0.3) is 17.0 Å². The number of benzene rings is 2. The summed E-state index contributed by atoms with van der Waals surface area (Å²) in [4.78, 5) is 41.7. The Kier molecular flexibility index (Phi) is 7.93. The Morgan fingerprint density at radius 2 is 1.79 bits per heavy atom. The van der Waals surface area contributed by atoms with Crippen LogP contribution in [0.2, 0.25) is 0 Å². The lowest BCUT2D eigenvalue weighted by molar-refractivity contribution is -0.132. The van der Waals surface area contributed by atoms with E-state index in [1.54, 1.807) is 29.3 Å². The fourth-order valence-corrected chi connectivity index (χ4v) is 7.08. The van der Waals surface area contributed by atoms with Crippen LogP contribution >= 0.6 is 0 Å². The highest BCUT2D eigenvalue weighted by Crippen LogP contribution is 2.43. The highest BCUT2D eigenvalue weighted by Gasteiger charge is 2.51. The number of nitrogen functional groups attached to an aromatic ring is 1. The zero-order valence-electron chi connectivity index (χ0n) is 26.8. The zero-order valence-corrected chi connectivity index (χ0v) is 26.8. The predicted octanol–water partition coefficient (Wildman–Crippen LogP) is 3.93. The van der Waals surface area contributed by atoms with Gasteiger partial charge in [0, 0.05) is 73.2 Å². The maximum atomic E-state index is 13.9. The first-order valence-corrected chi connectivity index (χ1v) is 16.1. The molecule has 47 heavy (non-hydrogen) atoms. The number of nitrogens with zero attached hydrogens (tertiary/aromatic N) is 7. The number of rotatable bonds is 7. The van der Waals surface area contributed by atoms with Crippen molar-refractivity contribution in [1.29, 1.82) is 5.41 Å². The number of aromatic nitrogens is 4. The minimum Gasteiger partial charge on any atom is -0.398 e. The summed E-state index contributed by atoms with van der Waals surface area (Å²) < 4.78 is 1.69. The summed E-state index contributed by atoms with van der Waals surface area (Å²) in [7, 11) is 1.85. The molecule has 3 N–H and O–H groups in total. The number of aryl methyl sites for hydroxylation is 2. The average molecular weight is 630 g/mol. The van der Waals surface area contributed by atoms with Crippen LogP contribution in [0.1, 0.15) is 41.6 Å². The Bertz CT molecular complexity index is 1900. The number of carbonyl (C=O) groups excluding carboxylic acids is 2. The molecule has 0 saturated carbocycles. The third kappa shape index (κ3) is 5.94. The van der Waals surface area contributed by atoms with Crippen LogP contribution in [0.4, 0.5) is 11.4 Å². The predicted molar refractivity (Wildman–Crippen MR) is 182 cm³/mol. The number of amides is 2. The second kappa shape index (κ2) is 12.2. The number of pyridine rings is 1. The monoisotopic (exact) mass is 629 g/mol. The van der Waals surface area contributed by atoms with Crippen LogP contribution in [0.5, 0.6) is 0 Å². The van der Waals surface area contributed by atoms with Crippen molar-refractivity contribution >= 4 is 34.5 Å². The second-order valence-corrected chi connectivity index (χ2v) is 12.9. The van der Waals surface area contributed by atoms with Crippen LogP contribution in [0.3, 0.4) is 0 Å². The molecule has 3 aliphatic heterocycles. The van der Waals surface area contributed by atoms with Crippen molar-refractivity contribution in [3.05, 3.63) is 95.6 Å². The third-order valence-electron chi connectivity index (χ3n) is 9.78. The van der Waals surface area contributed by atoms with Gasteiger partial charge in [-0.05, 0) is 74.2 Å². The zero-order chi connectivity index (χ0) is 32.7. The molecule has 11 heteroatoms. The van der Waals surface area contributed by atoms with Gasteiger partial charge in [-0.1, -0.05) is 30.3 Å². The van der Waals surface area contributed by atoms with E-state index in [1.807, 2.05) is 54.1 Å². The third-order valence-corrected chi connectivity index (χ3v) is 9.78. The van der Waals surface area contributed by atoms with E-state index in [2.05, 4.69) is 38.2 Å². The molecule has 11 nitrogen and oxygen atoms in total. The summed E-state index contributed by atoms with van der Waals surface area (Å²) in [5, 5.41) is 13.2. The Morgan fingerprint density at radius 3 is 2.51 bits per heavy atom. The normalized spacial score (nSPS) is 19.9. The van der Waals surface area contributed by atoms with Gasteiger partial charge in [0.15, 0.2) is 5.82 Å². The molecule has 2 fully saturated rings. The number of anilines is 2. The van der Waals surface area contributed by atoms with Gasteiger partial charge in [-0.15, -0.1) is 0 Å². The van der Waals surface area contributed by atoms with E-state index in [0.29, 0.717) is 55.5 Å². The molecule has 4 aromatic rings. The van der Waals surface area contributed by atoms with Crippen LogP contribution in [0, 0.1) is 17.7 Å². The van der Waals surface area contributed by atoms with Gasteiger partial charge < -0.3 is 15.5 Å². The quantitative estimate of drug-likeness (QED) is 0.234. The number of hydrogen-bond donors (Lipinski definition) is 2. The number of likely N-dealkylation sites (tertiary alicyclic amines) is 1. The van der Waals surface area contributed by atoms with Crippen molar-refractivity contribution in [3.8, 4) is 11.4 Å². The fourth-order valence-electron chi connectivity index (χ4n) is 7.08. The first-order chi connectivity index (χ1) is 22.7. The van der Waals surface area contributed by atoms with Gasteiger partial charge in [0.2, 0.25) is 11.8 Å². The molecule has 240 valence electrons. The minimum atomic E-state index is -0.497. The standard InChI is InChI=1S/C36H39N9O2/c1-24-19-28(9-14-39-24)33(38)30-20-29(7-8-31(30)37)45-18-13-36(35(45)47)12-17-43(22-36)21-32(46)44-15-10-26(11-16-44)25-3-5-27(6-4-25)34-40-23-42(2)41-34/h3-10,14,19-20,23,38H,11-13,15-18,21-22,37H2,1-2H3/t36-/m1/s1. The summed E-state index contributed by atoms with van der Waals surface area (Å²) in [5.41, 5.74) is 12.9. The highest BCUT2D eigenvalue weighted by molar-refractivity contribution is 6.14. The largest absolute Gasteiger partial charge is 0.398 e. The highest BCUT2D eigenvalue weighted by atomic mass is 16.2. The lowest BCUT2D eigenvalue weighted by Crippen LogP contribution is -2.43. The molecule has 0 bridgehead atoms. The molecule has 0 aliphatic carbocycles. The SMILES string of the molecule is Cc1cc(C(=N)c2cc(N3CC[C@@]4(CCN(CC(=O)N5CC=C(c6ccc(-c7ncn(C)n7)cc6)CC5)C4)C3=O)ccc2N)ccn1. The average Bonchev–Trinajstić information content (AvgIpc) is 3.80. The summed E-state index contributed by atoms with van der Waals surface area (Å²) in [6.07, 6.45) is 7.80. The lowest BCUT2D eigenvalue weighted by Gasteiger charge is -2.29. The van der Waals surface area contributed by atoms with Crippen molar-refractivity contribution in [2.24, 2.45) is 12.5 Å². The van der Waals surface area contributed by atoms with E-state index in [0.717, 1.165) is 53.9 Å². The number of nitrogens with one attached hydrogen (secondary N) is 1. The molecular formula is C36H39N9O2. The Labute approximate surface area is 274 Å². The molecule has 2 aromatic heterocycles. The van der Waals surface area contributed by atoms with E-state index >= 15 is 0 Å². The van der Waals surface area contributed by atoms with E-state index in [-0.39, 0.29) is 11.8 Å². The molecule has 2 amide bonds. The van der Waals surface area contributed by atoms with Crippen molar-refractivity contribution < 1.29 is 9.59 Å². The topological polar surface area (TPSA) is 137 Å². The maximum Gasteiger partial charge on any atom is 0.237 e. The van der Waals surface area contributed by atoms with Crippen LogP contribution < -0.4 is 10.6 Å². The van der Waals surface area contributed by atoms with Crippen molar-refractivity contribution in [2.45, 2.75) is 26.2 Å². The van der Waals surface area contributed by atoms with E-state index in [9.17, 15) is 9.59 Å². The van der Waals surface area contributed by atoms with Gasteiger partial charge >= 0.3 is 0 Å². The first kappa shape index (κ1) is 30.5. The second-order valence-electron chi connectivity index (χ2n) is 12.9. The molecule has 5 heterocycles. The molecule has 3 aliphatic rings. The van der Waals surface area contributed by atoms with Crippen molar-refractivity contribution in [2.75, 3.05) is 49.9 Å². The Hall–Kier alpha value is -5.16. The van der Waals surface area contributed by atoms with Gasteiger partial charge in [-0.2, -0.15) is 5.10 Å². The summed E-state index contributed by atoms with van der Waals surface area (Å²) >= 11 is 0. The summed E-state index contributed by atoms with van der Waals surface area (Å²) in [5.74, 6) is 0.894. The molecule has 0 radical (unpaired) electrons. The van der Waals surface area contributed by atoms with Crippen molar-refractivity contribution in [3.63, 3.8) is 0 Å². The van der Waals surface area contributed by atoms with Gasteiger partial charge in [0.1, 0.15) is 6.33 Å². The first-order valence-electron chi connectivity index (χ1n) is 16.1. The number of hydrogen-bond acceptors (Lipinski definition) is 8. The minimum absolute atomic E-state index is 0.0878. The van der Waals surface area contributed by atoms with Gasteiger partial charge in [-0.25, -0.2) is 4.98 Å². The van der Waals surface area contributed by atoms with Gasteiger partial charge in [0.05, 0.1) is 17.7 Å². The molecule has 2 aromatic carbocycles. The van der Waals surface area contributed by atoms with Crippen LogP contribution in [-0.2, 0) is 16.6 Å². The van der Waals surface area contributed by atoms with Crippen molar-refractivity contribution in [1.82, 2.24) is 29.5 Å². The number of nitrogens with two attached hydrogens (primary N) is 1. The van der Waals surface area contributed by atoms with Gasteiger partial charge in [-0.3, -0.25) is 29.6 Å². The molecule has 1 atom stereocenters.